The maximum atomic E-state index is 11.7. The second-order valence-corrected chi connectivity index (χ2v) is 9.39. The smallest absolute Gasteiger partial charge is 0.296 e. The van der Waals surface area contributed by atoms with Crippen molar-refractivity contribution in [2.75, 3.05) is 5.73 Å². The summed E-state index contributed by atoms with van der Waals surface area (Å²) >= 11 is 0. The van der Waals surface area contributed by atoms with Crippen LogP contribution in [0.4, 0.5) is 17.1 Å². The minimum absolute atomic E-state index is 0.00235. The summed E-state index contributed by atoms with van der Waals surface area (Å²) in [5.41, 5.74) is 6.06. The van der Waals surface area contributed by atoms with Gasteiger partial charge in [0.25, 0.3) is 20.2 Å². The SMILES string of the molecule is Cc1cc(S(=O)(=O)O)c(N=Nc2c(C)cc3cc(N)ccc3c2O)cc1S(=O)(=O)O. The van der Waals surface area contributed by atoms with Crippen molar-refractivity contribution in [3.8, 4) is 5.75 Å². The normalized spacial score (nSPS) is 12.7. The first-order chi connectivity index (χ1) is 13.8. The number of nitrogens with two attached hydrogens (primary N) is 1. The number of hydrogen-bond donors (Lipinski definition) is 4. The Labute approximate surface area is 172 Å². The molecule has 0 atom stereocenters. The number of hydrogen-bond acceptors (Lipinski definition) is 8. The van der Waals surface area contributed by atoms with Crippen molar-refractivity contribution in [1.82, 2.24) is 0 Å². The molecule has 0 fully saturated rings. The summed E-state index contributed by atoms with van der Waals surface area (Å²) in [4.78, 5) is -1.30. The number of anilines is 1. The molecule has 3 rings (SSSR count). The fourth-order valence-electron chi connectivity index (χ4n) is 2.98. The van der Waals surface area contributed by atoms with Gasteiger partial charge in [0.15, 0.2) is 5.75 Å². The molecule has 0 heterocycles. The molecule has 0 spiro atoms. The van der Waals surface area contributed by atoms with Gasteiger partial charge in [0, 0.05) is 11.1 Å². The van der Waals surface area contributed by atoms with E-state index in [0.29, 0.717) is 22.0 Å². The molecule has 0 saturated heterocycles. The summed E-state index contributed by atoms with van der Waals surface area (Å²) in [5.74, 6) is -0.246. The maximum Gasteiger partial charge on any atom is 0.296 e. The van der Waals surface area contributed by atoms with Crippen LogP contribution < -0.4 is 5.73 Å². The van der Waals surface area contributed by atoms with E-state index in [1.54, 1.807) is 31.2 Å². The van der Waals surface area contributed by atoms with Crippen LogP contribution in [-0.4, -0.2) is 31.0 Å². The number of phenols is 1. The number of nitrogen functional groups attached to an aromatic ring is 1. The monoisotopic (exact) mass is 451 g/mol. The Morgan fingerprint density at radius 2 is 1.47 bits per heavy atom. The van der Waals surface area contributed by atoms with Crippen LogP contribution in [0.2, 0.25) is 0 Å². The Bertz CT molecular complexity index is 1430. The molecule has 158 valence electrons. The minimum atomic E-state index is -4.79. The number of nitrogens with zero attached hydrogens (tertiary/aromatic N) is 2. The highest BCUT2D eigenvalue weighted by Crippen LogP contribution is 2.40. The lowest BCUT2D eigenvalue weighted by atomic mass is 10.0. The van der Waals surface area contributed by atoms with E-state index in [0.717, 1.165) is 12.1 Å². The van der Waals surface area contributed by atoms with E-state index in [2.05, 4.69) is 10.2 Å². The quantitative estimate of drug-likeness (QED) is 0.263. The lowest BCUT2D eigenvalue weighted by molar-refractivity contribution is 0.478. The molecule has 0 aliphatic rings. The Hall–Kier alpha value is -3.06. The topological polar surface area (TPSA) is 180 Å². The first-order valence-electron chi connectivity index (χ1n) is 8.32. The standard InChI is InChI=1S/C18H17N3O7S2/c1-9-6-16(30(26,27)28)14(8-15(9)29(23,24)25)20-21-17-10(2)5-11-7-12(19)3-4-13(11)18(17)22/h3-8,22H,19H2,1-2H3,(H,23,24,25)(H,26,27,28). The van der Waals surface area contributed by atoms with Crippen LogP contribution in [0, 0.1) is 13.8 Å². The lowest BCUT2D eigenvalue weighted by Crippen LogP contribution is -2.05. The van der Waals surface area contributed by atoms with Crippen molar-refractivity contribution in [2.24, 2.45) is 10.2 Å². The van der Waals surface area contributed by atoms with Crippen molar-refractivity contribution in [3.63, 3.8) is 0 Å². The van der Waals surface area contributed by atoms with Crippen LogP contribution in [-0.2, 0) is 20.2 Å². The molecule has 5 N–H and O–H groups in total. The highest BCUT2D eigenvalue weighted by molar-refractivity contribution is 7.86. The largest absolute Gasteiger partial charge is 0.505 e. The van der Waals surface area contributed by atoms with Gasteiger partial charge >= 0.3 is 0 Å². The van der Waals surface area contributed by atoms with Crippen molar-refractivity contribution in [1.29, 1.82) is 0 Å². The van der Waals surface area contributed by atoms with E-state index in [4.69, 9.17) is 5.73 Å². The number of phenolic OH excluding ortho intramolecular Hbond substituents is 1. The zero-order chi connectivity index (χ0) is 22.4. The van der Waals surface area contributed by atoms with E-state index < -0.39 is 35.7 Å². The van der Waals surface area contributed by atoms with E-state index in [9.17, 15) is 31.0 Å². The molecule has 10 nitrogen and oxygen atoms in total. The first-order valence-corrected chi connectivity index (χ1v) is 11.2. The van der Waals surface area contributed by atoms with Crippen molar-refractivity contribution < 1.29 is 31.0 Å². The average Bonchev–Trinajstić information content (AvgIpc) is 2.60. The van der Waals surface area contributed by atoms with Crippen molar-refractivity contribution >= 4 is 48.1 Å². The summed E-state index contributed by atoms with van der Waals surface area (Å²) in [6.45, 7) is 2.86. The Morgan fingerprint density at radius 3 is 2.07 bits per heavy atom. The molecule has 0 aliphatic carbocycles. The molecule has 3 aromatic rings. The fraction of sp³-hybridized carbons (Fsp3) is 0.111. The lowest BCUT2D eigenvalue weighted by Gasteiger charge is -2.10. The average molecular weight is 451 g/mol. The number of rotatable bonds is 4. The molecule has 0 aliphatic heterocycles. The molecule has 3 aromatic carbocycles. The van der Waals surface area contributed by atoms with Gasteiger partial charge in [0.1, 0.15) is 16.3 Å². The van der Waals surface area contributed by atoms with Crippen LogP contribution in [0.1, 0.15) is 11.1 Å². The van der Waals surface area contributed by atoms with Gasteiger partial charge in [-0.2, -0.15) is 16.8 Å². The van der Waals surface area contributed by atoms with Gasteiger partial charge in [-0.3, -0.25) is 9.11 Å². The van der Waals surface area contributed by atoms with Gasteiger partial charge in [-0.15, -0.1) is 10.2 Å². The third-order valence-corrected chi connectivity index (χ3v) is 6.25. The first kappa shape index (κ1) is 21.6. The molecule has 0 saturated carbocycles. The van der Waals surface area contributed by atoms with Gasteiger partial charge in [0.05, 0.1) is 4.90 Å². The Morgan fingerprint density at radius 1 is 0.833 bits per heavy atom. The molecule has 12 heteroatoms. The minimum Gasteiger partial charge on any atom is -0.505 e. The third-order valence-electron chi connectivity index (χ3n) is 4.37. The van der Waals surface area contributed by atoms with Crippen LogP contribution >= 0.6 is 0 Å². The van der Waals surface area contributed by atoms with Crippen LogP contribution in [0.5, 0.6) is 5.75 Å². The van der Waals surface area contributed by atoms with Crippen LogP contribution in [0.15, 0.2) is 56.4 Å². The zero-order valence-electron chi connectivity index (χ0n) is 15.7. The molecular formula is C18H17N3O7S2. The molecule has 0 unspecified atom stereocenters. The molecule has 0 bridgehead atoms. The highest BCUT2D eigenvalue weighted by atomic mass is 32.2. The third kappa shape index (κ3) is 4.11. The summed E-state index contributed by atoms with van der Waals surface area (Å²) in [6.07, 6.45) is 0. The highest BCUT2D eigenvalue weighted by Gasteiger charge is 2.23. The van der Waals surface area contributed by atoms with Crippen molar-refractivity contribution in [2.45, 2.75) is 23.6 Å². The van der Waals surface area contributed by atoms with Gasteiger partial charge in [-0.05, 0) is 66.8 Å². The summed E-state index contributed by atoms with van der Waals surface area (Å²) < 4.78 is 65.3. The number of aryl methyl sites for hydroxylation is 2. The summed E-state index contributed by atoms with van der Waals surface area (Å²) in [6, 6.07) is 8.10. The van der Waals surface area contributed by atoms with E-state index >= 15 is 0 Å². The second-order valence-electron chi connectivity index (χ2n) is 6.61. The van der Waals surface area contributed by atoms with Gasteiger partial charge < -0.3 is 10.8 Å². The molecular weight excluding hydrogens is 434 g/mol. The van der Waals surface area contributed by atoms with Crippen molar-refractivity contribution in [3.05, 3.63) is 47.5 Å². The van der Waals surface area contributed by atoms with Gasteiger partial charge in [-0.1, -0.05) is 0 Å². The van der Waals surface area contributed by atoms with Crippen LogP contribution in [0.25, 0.3) is 10.8 Å². The summed E-state index contributed by atoms with van der Waals surface area (Å²) in [5, 5.41) is 19.2. The number of benzene rings is 3. The van der Waals surface area contributed by atoms with Gasteiger partial charge in [0.2, 0.25) is 0 Å². The maximum absolute atomic E-state index is 11.7. The summed E-state index contributed by atoms with van der Waals surface area (Å²) in [7, 11) is -9.48. The fourth-order valence-corrected chi connectivity index (χ4v) is 4.39. The predicted molar refractivity (Wildman–Crippen MR) is 110 cm³/mol. The Kier molecular flexibility index (Phi) is 5.28. The molecule has 0 aromatic heterocycles. The number of fused-ring (bicyclic) bond motifs is 1. The Balaban J connectivity index is 2.24. The van der Waals surface area contributed by atoms with E-state index in [1.807, 2.05) is 0 Å². The molecule has 0 amide bonds. The number of azo groups is 1. The van der Waals surface area contributed by atoms with Crippen LogP contribution in [0.3, 0.4) is 0 Å². The number of aromatic hydroxyl groups is 1. The molecule has 30 heavy (non-hydrogen) atoms. The zero-order valence-corrected chi connectivity index (χ0v) is 17.4. The predicted octanol–water partition coefficient (Wildman–Crippen LogP) is 3.65. The van der Waals surface area contributed by atoms with Gasteiger partial charge in [-0.25, -0.2) is 0 Å². The molecule has 0 radical (unpaired) electrons. The second kappa shape index (κ2) is 7.32. The van der Waals surface area contributed by atoms with E-state index in [-0.39, 0.29) is 17.0 Å². The van der Waals surface area contributed by atoms with E-state index in [1.165, 1.54) is 6.92 Å².